The number of benzene rings is 1. The van der Waals surface area contributed by atoms with Crippen LogP contribution in [0.25, 0.3) is 11.4 Å². The molecule has 0 atom stereocenters. The first kappa shape index (κ1) is 13.8. The topological polar surface area (TPSA) is 33.6 Å². The molecule has 96 valence electrons. The summed E-state index contributed by atoms with van der Waals surface area (Å²) in [4.78, 5) is 0. The molecular formula is C12H13BrClN3S. The Bertz CT molecular complexity index is 640. The van der Waals surface area contributed by atoms with E-state index in [1.54, 1.807) is 0 Å². The lowest BCUT2D eigenvalue weighted by atomic mass is 10.1. The van der Waals surface area contributed by atoms with Gasteiger partial charge < -0.3 is 0 Å². The Morgan fingerprint density at radius 1 is 1.39 bits per heavy atom. The number of aromatic nitrogens is 3. The van der Waals surface area contributed by atoms with Crippen LogP contribution >= 0.6 is 39.7 Å². The molecule has 2 rings (SSSR count). The molecule has 1 N–H and O–H groups in total. The fourth-order valence-electron chi connectivity index (χ4n) is 1.77. The van der Waals surface area contributed by atoms with Crippen LogP contribution < -0.4 is 0 Å². The number of hydrogen-bond acceptors (Lipinski definition) is 2. The normalized spacial score (nSPS) is 11.8. The molecule has 0 spiro atoms. The summed E-state index contributed by atoms with van der Waals surface area (Å²) in [5.41, 5.74) is 0.820. The Morgan fingerprint density at radius 2 is 2.06 bits per heavy atom. The standard InChI is InChI=1S/C12H13BrClN3S/c1-12(2,3)17-10(15-16-11(17)18)8-5-4-7(14)6-9(8)13/h4-6H,1-3H3,(H,16,18). The fraction of sp³-hybridized carbons (Fsp3) is 0.333. The molecule has 0 saturated heterocycles. The second-order valence-corrected chi connectivity index (χ2v) is 6.66. The highest BCUT2D eigenvalue weighted by Crippen LogP contribution is 2.32. The van der Waals surface area contributed by atoms with Crippen LogP contribution in [0.3, 0.4) is 0 Å². The van der Waals surface area contributed by atoms with Crippen LogP contribution in [0.2, 0.25) is 5.02 Å². The van der Waals surface area contributed by atoms with Crippen molar-refractivity contribution >= 4 is 39.7 Å². The van der Waals surface area contributed by atoms with Crippen molar-refractivity contribution in [3.05, 3.63) is 32.5 Å². The molecule has 2 aromatic rings. The van der Waals surface area contributed by atoms with E-state index in [1.165, 1.54) is 0 Å². The number of halogens is 2. The maximum atomic E-state index is 5.95. The first-order valence-corrected chi connectivity index (χ1v) is 7.02. The monoisotopic (exact) mass is 345 g/mol. The lowest BCUT2D eigenvalue weighted by Crippen LogP contribution is -2.23. The van der Waals surface area contributed by atoms with E-state index in [4.69, 9.17) is 23.8 Å². The number of hydrogen-bond donors (Lipinski definition) is 1. The Balaban J connectivity index is 2.69. The van der Waals surface area contributed by atoms with E-state index >= 15 is 0 Å². The molecule has 0 saturated carbocycles. The smallest absolute Gasteiger partial charge is 0.195 e. The van der Waals surface area contributed by atoms with Crippen LogP contribution in [-0.2, 0) is 5.54 Å². The molecule has 0 aliphatic carbocycles. The molecule has 0 amide bonds. The number of aromatic amines is 1. The molecule has 0 aliphatic heterocycles. The van der Waals surface area contributed by atoms with E-state index in [2.05, 4.69) is 46.9 Å². The number of nitrogens with zero attached hydrogens (tertiary/aromatic N) is 2. The molecule has 0 aliphatic rings. The SMILES string of the molecule is CC(C)(C)n1c(-c2ccc(Cl)cc2Br)n[nH]c1=S. The third-order valence-electron chi connectivity index (χ3n) is 2.52. The van der Waals surface area contributed by atoms with E-state index in [9.17, 15) is 0 Å². The minimum Gasteiger partial charge on any atom is -0.295 e. The van der Waals surface area contributed by atoms with E-state index < -0.39 is 0 Å². The lowest BCUT2D eigenvalue weighted by Gasteiger charge is -2.22. The van der Waals surface area contributed by atoms with E-state index in [0.717, 1.165) is 15.9 Å². The minimum absolute atomic E-state index is 0.140. The highest BCUT2D eigenvalue weighted by atomic mass is 79.9. The summed E-state index contributed by atoms with van der Waals surface area (Å²) in [6.45, 7) is 6.27. The van der Waals surface area contributed by atoms with E-state index in [-0.39, 0.29) is 5.54 Å². The van der Waals surface area contributed by atoms with Gasteiger partial charge in [-0.3, -0.25) is 9.67 Å². The average molecular weight is 347 g/mol. The summed E-state index contributed by atoms with van der Waals surface area (Å²) in [6, 6.07) is 5.62. The maximum Gasteiger partial charge on any atom is 0.195 e. The van der Waals surface area contributed by atoms with Gasteiger partial charge in [0.25, 0.3) is 0 Å². The van der Waals surface area contributed by atoms with Crippen molar-refractivity contribution in [1.29, 1.82) is 0 Å². The van der Waals surface area contributed by atoms with Crippen LogP contribution in [0.1, 0.15) is 20.8 Å². The van der Waals surface area contributed by atoms with Crippen molar-refractivity contribution in [2.24, 2.45) is 0 Å². The summed E-state index contributed by atoms with van der Waals surface area (Å²) in [5.74, 6) is 0.802. The zero-order chi connectivity index (χ0) is 13.5. The zero-order valence-corrected chi connectivity index (χ0v) is 13.4. The lowest BCUT2D eigenvalue weighted by molar-refractivity contribution is 0.395. The van der Waals surface area contributed by atoms with Gasteiger partial charge in [0.05, 0.1) is 0 Å². The Kier molecular flexibility index (Phi) is 3.67. The maximum absolute atomic E-state index is 5.95. The summed E-state index contributed by atoms with van der Waals surface area (Å²) < 4.78 is 3.50. The van der Waals surface area contributed by atoms with Gasteiger partial charge in [0.1, 0.15) is 0 Å². The molecule has 0 unspecified atom stereocenters. The molecule has 3 nitrogen and oxygen atoms in total. The van der Waals surface area contributed by atoms with Crippen molar-refractivity contribution < 1.29 is 0 Å². The Labute approximate surface area is 124 Å². The molecule has 6 heteroatoms. The molecule has 1 heterocycles. The molecule has 1 aromatic carbocycles. The van der Waals surface area contributed by atoms with Gasteiger partial charge in [-0.05, 0) is 67.1 Å². The molecule has 0 radical (unpaired) electrons. The van der Waals surface area contributed by atoms with E-state index in [0.29, 0.717) is 9.79 Å². The second-order valence-electron chi connectivity index (χ2n) is 4.98. The summed E-state index contributed by atoms with van der Waals surface area (Å²) >= 11 is 14.8. The molecular weight excluding hydrogens is 334 g/mol. The van der Waals surface area contributed by atoms with Crippen molar-refractivity contribution in [2.45, 2.75) is 26.3 Å². The van der Waals surface area contributed by atoms with Crippen molar-refractivity contribution in [3.63, 3.8) is 0 Å². The first-order chi connectivity index (χ1) is 8.30. The van der Waals surface area contributed by atoms with Crippen LogP contribution in [0.4, 0.5) is 0 Å². The number of nitrogens with one attached hydrogen (secondary N) is 1. The third kappa shape index (κ3) is 2.53. The van der Waals surface area contributed by atoms with Crippen LogP contribution in [-0.4, -0.2) is 14.8 Å². The van der Waals surface area contributed by atoms with Gasteiger partial charge in [0, 0.05) is 20.6 Å². The number of rotatable bonds is 1. The summed E-state index contributed by atoms with van der Waals surface area (Å²) in [6.07, 6.45) is 0. The van der Waals surface area contributed by atoms with Crippen molar-refractivity contribution in [2.75, 3.05) is 0 Å². The molecule has 0 bridgehead atoms. The third-order valence-corrected chi connectivity index (χ3v) is 3.68. The molecule has 0 fully saturated rings. The second kappa shape index (κ2) is 4.79. The van der Waals surface area contributed by atoms with Gasteiger partial charge in [0.2, 0.25) is 0 Å². The predicted molar refractivity (Wildman–Crippen MR) is 80.6 cm³/mol. The van der Waals surface area contributed by atoms with Crippen LogP contribution in [0.5, 0.6) is 0 Å². The van der Waals surface area contributed by atoms with Gasteiger partial charge in [-0.25, -0.2) is 0 Å². The zero-order valence-electron chi connectivity index (χ0n) is 10.3. The van der Waals surface area contributed by atoms with Crippen LogP contribution in [0.15, 0.2) is 22.7 Å². The molecule has 1 aromatic heterocycles. The quantitative estimate of drug-likeness (QED) is 0.754. The van der Waals surface area contributed by atoms with Gasteiger partial charge in [-0.15, -0.1) is 0 Å². The van der Waals surface area contributed by atoms with Gasteiger partial charge in [-0.1, -0.05) is 11.6 Å². The fourth-order valence-corrected chi connectivity index (χ4v) is 3.04. The molecule has 18 heavy (non-hydrogen) atoms. The van der Waals surface area contributed by atoms with Gasteiger partial charge >= 0.3 is 0 Å². The Morgan fingerprint density at radius 3 is 2.61 bits per heavy atom. The van der Waals surface area contributed by atoms with Crippen molar-refractivity contribution in [3.8, 4) is 11.4 Å². The average Bonchev–Trinajstić information content (AvgIpc) is 2.59. The Hall–Kier alpha value is -0.650. The van der Waals surface area contributed by atoms with Crippen molar-refractivity contribution in [1.82, 2.24) is 14.8 Å². The number of H-pyrrole nitrogens is 1. The minimum atomic E-state index is -0.140. The predicted octanol–water partition coefficient (Wildman–Crippen LogP) is 4.78. The highest BCUT2D eigenvalue weighted by Gasteiger charge is 2.21. The summed E-state index contributed by atoms with van der Waals surface area (Å²) in [5, 5.41) is 7.84. The van der Waals surface area contributed by atoms with Gasteiger partial charge in [0.15, 0.2) is 10.6 Å². The summed E-state index contributed by atoms with van der Waals surface area (Å²) in [7, 11) is 0. The highest BCUT2D eigenvalue weighted by molar-refractivity contribution is 9.10. The van der Waals surface area contributed by atoms with Gasteiger partial charge in [-0.2, -0.15) is 5.10 Å². The largest absolute Gasteiger partial charge is 0.295 e. The first-order valence-electron chi connectivity index (χ1n) is 5.44. The van der Waals surface area contributed by atoms with Crippen LogP contribution in [0, 0.1) is 4.77 Å². The van der Waals surface area contributed by atoms with E-state index in [1.807, 2.05) is 22.8 Å².